The van der Waals surface area contributed by atoms with E-state index in [4.69, 9.17) is 16.3 Å². The zero-order valence-corrected chi connectivity index (χ0v) is 11.0. The lowest BCUT2D eigenvalue weighted by molar-refractivity contribution is -0.206. The topological polar surface area (TPSA) is 133 Å². The molecule has 2 aromatic rings. The summed E-state index contributed by atoms with van der Waals surface area (Å²) in [5, 5.41) is 29.3. The molecule has 2 aromatic heterocycles. The van der Waals surface area contributed by atoms with E-state index in [0.29, 0.717) is 0 Å². The van der Waals surface area contributed by atoms with Crippen molar-refractivity contribution in [2.24, 2.45) is 0 Å². The van der Waals surface area contributed by atoms with Gasteiger partial charge >= 0.3 is 0 Å². The number of nitrogens with zero attached hydrogens (tertiary/aromatic N) is 3. The predicted octanol–water partition coefficient (Wildman–Crippen LogP) is -1.97. The first-order chi connectivity index (χ1) is 10.4. The molecule has 0 spiro atoms. The third-order valence-corrected chi connectivity index (χ3v) is 3.57. The molecule has 1 fully saturated rings. The minimum absolute atomic E-state index is 0.0307. The van der Waals surface area contributed by atoms with Crippen LogP contribution in [0.25, 0.3) is 11.2 Å². The molecule has 0 bridgehead atoms. The molecule has 10 heteroatoms. The average Bonchev–Trinajstić information content (AvgIpc) is 3.03. The standard InChI is InChI=1S/C12H11FN4O5/c1-2-11(21)9(20)12(13,3-18)22-10(11)17-5-16-6-7(17)14-4-15-8(6)19/h1,4-5,9-10,18,20-21H,3H2,(H,14,15,19)/t9-,10+,11+,12+/m0/s1. The number of alkyl halides is 1. The van der Waals surface area contributed by atoms with Crippen molar-refractivity contribution in [3.05, 3.63) is 23.0 Å². The first kappa shape index (κ1) is 14.6. The largest absolute Gasteiger partial charge is 0.390 e. The Labute approximate surface area is 122 Å². The molecule has 9 nitrogen and oxygen atoms in total. The summed E-state index contributed by atoms with van der Waals surface area (Å²) in [6.07, 6.45) is 3.50. The second kappa shape index (κ2) is 4.59. The van der Waals surface area contributed by atoms with Crippen LogP contribution < -0.4 is 5.56 Å². The van der Waals surface area contributed by atoms with Crippen LogP contribution >= 0.6 is 0 Å². The number of aliphatic hydroxyl groups excluding tert-OH is 2. The van der Waals surface area contributed by atoms with Gasteiger partial charge in [0.05, 0.1) is 12.7 Å². The number of aromatic nitrogens is 4. The zero-order valence-electron chi connectivity index (χ0n) is 11.0. The maximum absolute atomic E-state index is 14.3. The monoisotopic (exact) mass is 310 g/mol. The average molecular weight is 310 g/mol. The summed E-state index contributed by atoms with van der Waals surface area (Å²) < 4.78 is 20.3. The Morgan fingerprint density at radius 1 is 1.59 bits per heavy atom. The van der Waals surface area contributed by atoms with Crippen molar-refractivity contribution in [2.45, 2.75) is 23.8 Å². The minimum Gasteiger partial charge on any atom is -0.390 e. The quantitative estimate of drug-likeness (QED) is 0.473. The normalized spacial score (nSPS) is 34.9. The predicted molar refractivity (Wildman–Crippen MR) is 69.0 cm³/mol. The molecule has 0 aliphatic carbocycles. The van der Waals surface area contributed by atoms with Gasteiger partial charge in [-0.15, -0.1) is 6.42 Å². The van der Waals surface area contributed by atoms with Gasteiger partial charge in [-0.25, -0.2) is 14.4 Å². The van der Waals surface area contributed by atoms with Crippen LogP contribution in [0, 0.1) is 12.3 Å². The lowest BCUT2D eigenvalue weighted by Crippen LogP contribution is -2.49. The molecule has 1 aliphatic heterocycles. The first-order valence-electron chi connectivity index (χ1n) is 6.13. The van der Waals surface area contributed by atoms with Crippen molar-refractivity contribution in [3.63, 3.8) is 0 Å². The Bertz CT molecular complexity index is 829. The number of ether oxygens (including phenoxy) is 1. The van der Waals surface area contributed by atoms with E-state index >= 15 is 0 Å². The van der Waals surface area contributed by atoms with Crippen molar-refractivity contribution >= 4 is 11.2 Å². The van der Waals surface area contributed by atoms with Gasteiger partial charge in [0.25, 0.3) is 11.4 Å². The molecule has 116 valence electrons. The molecule has 4 N–H and O–H groups in total. The SMILES string of the molecule is C#C[C@]1(O)[C@H](n2cnc3c(=O)[nH]cnc32)O[C@](F)(CO)[C@H]1O. The fraction of sp³-hybridized carbons (Fsp3) is 0.417. The highest BCUT2D eigenvalue weighted by Gasteiger charge is 2.64. The number of aliphatic hydroxyl groups is 3. The van der Waals surface area contributed by atoms with Crippen LogP contribution in [0.1, 0.15) is 6.23 Å². The Morgan fingerprint density at radius 3 is 2.95 bits per heavy atom. The first-order valence-corrected chi connectivity index (χ1v) is 6.13. The Kier molecular flexibility index (Phi) is 3.05. The van der Waals surface area contributed by atoms with Gasteiger partial charge in [0.15, 0.2) is 23.5 Å². The van der Waals surface area contributed by atoms with E-state index in [1.807, 2.05) is 5.92 Å². The van der Waals surface area contributed by atoms with Crippen LogP contribution in [-0.4, -0.2) is 59.0 Å². The highest BCUT2D eigenvalue weighted by atomic mass is 19.2. The van der Waals surface area contributed by atoms with E-state index in [9.17, 15) is 19.4 Å². The molecule has 0 unspecified atom stereocenters. The smallest absolute Gasteiger partial charge is 0.278 e. The fourth-order valence-corrected chi connectivity index (χ4v) is 2.38. The van der Waals surface area contributed by atoms with E-state index in [1.165, 1.54) is 0 Å². The maximum atomic E-state index is 14.3. The summed E-state index contributed by atoms with van der Waals surface area (Å²) in [6.45, 7) is -1.23. The molecular formula is C12H11FN4O5. The Balaban J connectivity index is 2.20. The van der Waals surface area contributed by atoms with Crippen molar-refractivity contribution in [1.82, 2.24) is 19.5 Å². The van der Waals surface area contributed by atoms with Crippen LogP contribution in [0.4, 0.5) is 4.39 Å². The van der Waals surface area contributed by atoms with Gasteiger partial charge in [0.1, 0.15) is 6.61 Å². The minimum atomic E-state index is -2.97. The molecule has 22 heavy (non-hydrogen) atoms. The molecule has 4 atom stereocenters. The summed E-state index contributed by atoms with van der Waals surface area (Å²) in [6, 6.07) is 0. The zero-order chi connectivity index (χ0) is 16.1. The number of fused-ring (bicyclic) bond motifs is 1. The molecule has 3 heterocycles. The highest BCUT2D eigenvalue weighted by molar-refractivity contribution is 5.69. The van der Waals surface area contributed by atoms with Gasteiger partial charge in [-0.1, -0.05) is 5.92 Å². The summed E-state index contributed by atoms with van der Waals surface area (Å²) in [4.78, 5) is 21.6. The maximum Gasteiger partial charge on any atom is 0.278 e. The van der Waals surface area contributed by atoms with E-state index < -0.39 is 36.0 Å². The number of aromatic amines is 1. The van der Waals surface area contributed by atoms with Gasteiger partial charge < -0.3 is 25.0 Å². The number of terminal acetylenes is 1. The van der Waals surface area contributed by atoms with Gasteiger partial charge in [-0.05, 0) is 0 Å². The Hall–Kier alpha value is -2.32. The van der Waals surface area contributed by atoms with Crippen molar-refractivity contribution in [2.75, 3.05) is 6.61 Å². The molecule has 1 saturated heterocycles. The molecule has 0 amide bonds. The summed E-state index contributed by atoms with van der Waals surface area (Å²) >= 11 is 0. The van der Waals surface area contributed by atoms with Gasteiger partial charge in [0.2, 0.25) is 5.60 Å². The third kappa shape index (κ3) is 1.71. The number of H-pyrrole nitrogens is 1. The van der Waals surface area contributed by atoms with Crippen LogP contribution in [0.15, 0.2) is 17.4 Å². The van der Waals surface area contributed by atoms with Gasteiger partial charge in [-0.3, -0.25) is 9.36 Å². The van der Waals surface area contributed by atoms with Gasteiger partial charge in [0, 0.05) is 0 Å². The van der Waals surface area contributed by atoms with Gasteiger partial charge in [-0.2, -0.15) is 0 Å². The lowest BCUT2D eigenvalue weighted by atomic mass is 9.94. The number of rotatable bonds is 2. The van der Waals surface area contributed by atoms with E-state index in [1.54, 1.807) is 0 Å². The number of nitrogens with one attached hydrogen (secondary N) is 1. The number of hydrogen-bond acceptors (Lipinski definition) is 7. The van der Waals surface area contributed by atoms with E-state index in [0.717, 1.165) is 17.2 Å². The molecule has 3 rings (SSSR count). The van der Waals surface area contributed by atoms with E-state index in [2.05, 4.69) is 15.0 Å². The number of imidazole rings is 1. The molecule has 0 radical (unpaired) electrons. The van der Waals surface area contributed by atoms with Crippen molar-refractivity contribution < 1.29 is 24.4 Å². The van der Waals surface area contributed by atoms with Crippen LogP contribution in [0.5, 0.6) is 0 Å². The summed E-state index contributed by atoms with van der Waals surface area (Å²) in [5.41, 5.74) is -3.16. The molecular weight excluding hydrogens is 299 g/mol. The van der Waals surface area contributed by atoms with Crippen LogP contribution in [-0.2, 0) is 4.74 Å². The molecule has 0 saturated carbocycles. The summed E-state index contributed by atoms with van der Waals surface area (Å²) in [7, 11) is 0. The van der Waals surface area contributed by atoms with Crippen LogP contribution in [0.3, 0.4) is 0 Å². The Morgan fingerprint density at radius 2 is 2.32 bits per heavy atom. The van der Waals surface area contributed by atoms with Crippen molar-refractivity contribution in [3.8, 4) is 12.3 Å². The molecule has 0 aromatic carbocycles. The third-order valence-electron chi connectivity index (χ3n) is 3.57. The second-order valence-electron chi connectivity index (χ2n) is 4.84. The fourth-order valence-electron chi connectivity index (χ4n) is 2.38. The van der Waals surface area contributed by atoms with E-state index in [-0.39, 0.29) is 11.2 Å². The molecule has 1 aliphatic rings. The highest BCUT2D eigenvalue weighted by Crippen LogP contribution is 2.45. The van der Waals surface area contributed by atoms with Crippen LogP contribution in [0.2, 0.25) is 0 Å². The lowest BCUT2D eigenvalue weighted by Gasteiger charge is -2.25. The van der Waals surface area contributed by atoms with Crippen molar-refractivity contribution in [1.29, 1.82) is 0 Å². The summed E-state index contributed by atoms with van der Waals surface area (Å²) in [5.74, 6) is -1.10. The number of halogens is 1. The second-order valence-corrected chi connectivity index (χ2v) is 4.84. The number of hydrogen-bond donors (Lipinski definition) is 4.